The van der Waals surface area contributed by atoms with Gasteiger partial charge in [-0.1, -0.05) is 18.4 Å². The Kier molecular flexibility index (Phi) is 7.99. The van der Waals surface area contributed by atoms with E-state index >= 15 is 0 Å². The molecule has 1 N–H and O–H groups in total. The van der Waals surface area contributed by atoms with Crippen molar-refractivity contribution in [2.75, 3.05) is 0 Å². The SMILES string of the molecule is CCCC(=O)O.[Na+].[c-]1ccc2occc2c1. The molecular weight excluding hydrogens is 215 g/mol. The van der Waals surface area contributed by atoms with Gasteiger partial charge in [0.2, 0.25) is 0 Å². The van der Waals surface area contributed by atoms with E-state index in [9.17, 15) is 4.79 Å². The summed E-state index contributed by atoms with van der Waals surface area (Å²) in [5, 5.41) is 9.02. The Hall–Kier alpha value is -0.770. The number of carboxylic acids is 1. The van der Waals surface area contributed by atoms with Crippen LogP contribution in [0.15, 0.2) is 34.9 Å². The van der Waals surface area contributed by atoms with E-state index < -0.39 is 5.97 Å². The molecule has 0 radical (unpaired) electrons. The zero-order valence-corrected chi connectivity index (χ0v) is 11.6. The molecule has 1 aromatic heterocycles. The zero-order chi connectivity index (χ0) is 11.1. The van der Waals surface area contributed by atoms with E-state index in [-0.39, 0.29) is 29.6 Å². The molecule has 3 nitrogen and oxygen atoms in total. The third kappa shape index (κ3) is 5.35. The fourth-order valence-corrected chi connectivity index (χ4v) is 1.06. The van der Waals surface area contributed by atoms with Gasteiger partial charge in [-0.3, -0.25) is 4.79 Å². The molecule has 16 heavy (non-hydrogen) atoms. The normalized spacial score (nSPS) is 8.81. The van der Waals surface area contributed by atoms with Gasteiger partial charge in [-0.25, -0.2) is 0 Å². The molecule has 0 saturated carbocycles. The first kappa shape index (κ1) is 15.2. The van der Waals surface area contributed by atoms with Gasteiger partial charge in [0.25, 0.3) is 0 Å². The van der Waals surface area contributed by atoms with Crippen LogP contribution >= 0.6 is 0 Å². The second-order valence-corrected chi connectivity index (χ2v) is 3.03. The average molecular weight is 228 g/mol. The van der Waals surface area contributed by atoms with Crippen molar-refractivity contribution < 1.29 is 43.9 Å². The van der Waals surface area contributed by atoms with E-state index in [0.717, 1.165) is 17.4 Å². The van der Waals surface area contributed by atoms with Crippen molar-refractivity contribution in [3.05, 3.63) is 36.6 Å². The van der Waals surface area contributed by atoms with Crippen LogP contribution in [0.1, 0.15) is 19.8 Å². The molecule has 2 rings (SSSR count). The van der Waals surface area contributed by atoms with Gasteiger partial charge in [0.15, 0.2) is 0 Å². The molecule has 0 unspecified atom stereocenters. The number of hydrogen-bond donors (Lipinski definition) is 1. The molecule has 80 valence electrons. The van der Waals surface area contributed by atoms with Crippen molar-refractivity contribution >= 4 is 16.9 Å². The van der Waals surface area contributed by atoms with Crippen LogP contribution in [-0.4, -0.2) is 11.1 Å². The smallest absolute Gasteiger partial charge is 0.491 e. The Morgan fingerprint density at radius 3 is 2.75 bits per heavy atom. The van der Waals surface area contributed by atoms with Crippen LogP contribution in [0.2, 0.25) is 0 Å². The second-order valence-electron chi connectivity index (χ2n) is 3.03. The predicted molar refractivity (Wildman–Crippen MR) is 57.6 cm³/mol. The predicted octanol–water partition coefficient (Wildman–Crippen LogP) is 0.108. The van der Waals surface area contributed by atoms with Crippen molar-refractivity contribution in [1.82, 2.24) is 0 Å². The Morgan fingerprint density at radius 2 is 2.25 bits per heavy atom. The molecule has 0 spiro atoms. The van der Waals surface area contributed by atoms with Gasteiger partial charge in [0, 0.05) is 12.0 Å². The molecule has 0 aliphatic carbocycles. The summed E-state index contributed by atoms with van der Waals surface area (Å²) in [6.07, 6.45) is 2.70. The molecule has 4 heteroatoms. The van der Waals surface area contributed by atoms with Gasteiger partial charge in [-0.05, 0) is 6.42 Å². The summed E-state index contributed by atoms with van der Waals surface area (Å²) in [7, 11) is 0. The number of fused-ring (bicyclic) bond motifs is 1. The Labute approximate surface area is 117 Å². The fourth-order valence-electron chi connectivity index (χ4n) is 1.06. The van der Waals surface area contributed by atoms with Crippen LogP contribution in [0.3, 0.4) is 0 Å². The third-order valence-electron chi connectivity index (χ3n) is 1.76. The molecule has 0 amide bonds. The Bertz CT molecular complexity index is 393. The maximum Gasteiger partial charge on any atom is 1.00 e. The summed E-state index contributed by atoms with van der Waals surface area (Å²) in [5.41, 5.74) is 0.925. The van der Waals surface area contributed by atoms with E-state index in [2.05, 4.69) is 6.07 Å². The number of carboxylic acid groups (broad SMARTS) is 1. The molecule has 0 aliphatic heterocycles. The molecule has 1 aromatic carbocycles. The van der Waals surface area contributed by atoms with Crippen LogP contribution in [0.25, 0.3) is 11.0 Å². The maximum absolute atomic E-state index is 9.60. The Balaban J connectivity index is 0.000000289. The molecule has 2 aromatic rings. The van der Waals surface area contributed by atoms with Crippen molar-refractivity contribution in [2.45, 2.75) is 19.8 Å². The summed E-state index contributed by atoms with van der Waals surface area (Å²) in [6, 6.07) is 10.5. The van der Waals surface area contributed by atoms with E-state index in [0.29, 0.717) is 6.42 Å². The fraction of sp³-hybridized carbons (Fsp3) is 0.250. The van der Waals surface area contributed by atoms with Crippen molar-refractivity contribution in [2.24, 2.45) is 0 Å². The molecule has 0 bridgehead atoms. The van der Waals surface area contributed by atoms with Gasteiger partial charge >= 0.3 is 35.5 Å². The second kappa shape index (κ2) is 8.39. The molecule has 0 aliphatic rings. The van der Waals surface area contributed by atoms with Gasteiger partial charge in [-0.2, -0.15) is 18.2 Å². The number of rotatable bonds is 2. The number of aliphatic carboxylic acids is 1. The molecule has 0 saturated heterocycles. The minimum absolute atomic E-state index is 0. The standard InChI is InChI=1S/C8H5O.C4H8O2.Na/c1-2-4-8-7(3-1)5-6-9-8;1-2-3-4(5)6;/h2-6H;2-3H2,1H3,(H,5,6);/q-1;;+1. The third-order valence-corrected chi connectivity index (χ3v) is 1.76. The van der Waals surface area contributed by atoms with E-state index in [4.69, 9.17) is 9.52 Å². The van der Waals surface area contributed by atoms with Crippen molar-refractivity contribution in [3.63, 3.8) is 0 Å². The van der Waals surface area contributed by atoms with Crippen LogP contribution in [0, 0.1) is 6.07 Å². The molecule has 0 atom stereocenters. The van der Waals surface area contributed by atoms with Crippen LogP contribution < -0.4 is 29.6 Å². The zero-order valence-electron chi connectivity index (χ0n) is 9.56. The Morgan fingerprint density at radius 1 is 1.50 bits per heavy atom. The minimum atomic E-state index is -0.711. The number of hydrogen-bond acceptors (Lipinski definition) is 2. The average Bonchev–Trinajstić information content (AvgIpc) is 2.65. The summed E-state index contributed by atoms with van der Waals surface area (Å²) >= 11 is 0. The number of benzene rings is 1. The summed E-state index contributed by atoms with van der Waals surface area (Å²) < 4.78 is 5.10. The van der Waals surface area contributed by atoms with E-state index in [1.807, 2.05) is 31.2 Å². The van der Waals surface area contributed by atoms with Gasteiger partial charge < -0.3 is 9.52 Å². The topological polar surface area (TPSA) is 50.4 Å². The molecular formula is C12H13NaO3. The number of furan rings is 1. The van der Waals surface area contributed by atoms with Crippen molar-refractivity contribution in [1.29, 1.82) is 0 Å². The minimum Gasteiger partial charge on any atom is -0.491 e. The summed E-state index contributed by atoms with van der Waals surface area (Å²) in [5.74, 6) is -0.711. The summed E-state index contributed by atoms with van der Waals surface area (Å²) in [6.45, 7) is 1.84. The van der Waals surface area contributed by atoms with Crippen molar-refractivity contribution in [3.8, 4) is 0 Å². The quantitative estimate of drug-likeness (QED) is 0.586. The summed E-state index contributed by atoms with van der Waals surface area (Å²) in [4.78, 5) is 9.60. The number of carbonyl (C=O) groups is 1. The first-order valence-electron chi connectivity index (χ1n) is 4.79. The first-order chi connectivity index (χ1) is 7.24. The van der Waals surface area contributed by atoms with Gasteiger partial charge in [0.1, 0.15) is 0 Å². The first-order valence-corrected chi connectivity index (χ1v) is 4.79. The van der Waals surface area contributed by atoms with Gasteiger partial charge in [-0.15, -0.1) is 6.07 Å². The molecule has 0 fully saturated rings. The molecule has 1 heterocycles. The van der Waals surface area contributed by atoms with E-state index in [1.54, 1.807) is 6.26 Å². The van der Waals surface area contributed by atoms with E-state index in [1.165, 1.54) is 0 Å². The van der Waals surface area contributed by atoms with Crippen LogP contribution in [0.4, 0.5) is 0 Å². The monoisotopic (exact) mass is 228 g/mol. The maximum atomic E-state index is 9.60. The van der Waals surface area contributed by atoms with Crippen LogP contribution in [0.5, 0.6) is 0 Å². The van der Waals surface area contributed by atoms with Gasteiger partial charge in [0.05, 0.1) is 6.26 Å². The largest absolute Gasteiger partial charge is 1.00 e. The van der Waals surface area contributed by atoms with Crippen LogP contribution in [-0.2, 0) is 4.79 Å².